The molecule has 18 heavy (non-hydrogen) atoms. The van der Waals surface area contributed by atoms with Gasteiger partial charge in [-0.1, -0.05) is 12.1 Å². The highest BCUT2D eigenvalue weighted by Gasteiger charge is 2.04. The van der Waals surface area contributed by atoms with E-state index in [-0.39, 0.29) is 18.7 Å². The van der Waals surface area contributed by atoms with Gasteiger partial charge in [-0.25, -0.2) is 0 Å². The van der Waals surface area contributed by atoms with E-state index >= 15 is 0 Å². The Morgan fingerprint density at radius 3 is 2.50 bits per heavy atom. The Morgan fingerprint density at radius 1 is 1.28 bits per heavy atom. The van der Waals surface area contributed by atoms with Gasteiger partial charge in [0.2, 0.25) is 5.91 Å². The van der Waals surface area contributed by atoms with Gasteiger partial charge in [-0.3, -0.25) is 9.59 Å². The number of hydrazone groups is 1. The Kier molecular flexibility index (Phi) is 5.37. The number of benzene rings is 1. The normalized spacial score (nSPS) is 10.4. The molecule has 0 aromatic heterocycles. The maximum absolute atomic E-state index is 11.5. The van der Waals surface area contributed by atoms with E-state index in [0.29, 0.717) is 12.1 Å². The summed E-state index contributed by atoms with van der Waals surface area (Å²) in [6.45, 7) is 0. The molecular weight excluding hydrogens is 234 g/mol. The van der Waals surface area contributed by atoms with Crippen LogP contribution in [0.5, 0.6) is 0 Å². The number of hydrogen-bond donors (Lipinski definition) is 3. The second-order valence-electron chi connectivity index (χ2n) is 3.70. The molecule has 0 aliphatic carbocycles. The van der Waals surface area contributed by atoms with Crippen LogP contribution in [0.3, 0.4) is 0 Å². The van der Waals surface area contributed by atoms with Crippen LogP contribution in [0.4, 0.5) is 5.69 Å². The van der Waals surface area contributed by atoms with Crippen LogP contribution >= 0.6 is 0 Å². The number of amides is 1. The third kappa shape index (κ3) is 5.11. The number of carbonyl (C=O) groups is 2. The zero-order valence-electron chi connectivity index (χ0n) is 9.80. The first kappa shape index (κ1) is 13.7. The predicted molar refractivity (Wildman–Crippen MR) is 68.3 cm³/mol. The van der Waals surface area contributed by atoms with E-state index in [9.17, 15) is 9.59 Å². The van der Waals surface area contributed by atoms with Gasteiger partial charge in [0.25, 0.3) is 0 Å². The Bertz CT molecular complexity index is 440. The van der Waals surface area contributed by atoms with Crippen LogP contribution in [0.15, 0.2) is 29.4 Å². The molecule has 0 saturated heterocycles. The lowest BCUT2D eigenvalue weighted by molar-refractivity contribution is -0.137. The van der Waals surface area contributed by atoms with Crippen LogP contribution in [0.25, 0.3) is 0 Å². The van der Waals surface area contributed by atoms with E-state index in [2.05, 4.69) is 10.4 Å². The van der Waals surface area contributed by atoms with Crippen molar-refractivity contribution >= 4 is 23.8 Å². The van der Waals surface area contributed by atoms with Gasteiger partial charge in [0.1, 0.15) is 0 Å². The molecule has 0 aliphatic rings. The van der Waals surface area contributed by atoms with Crippen molar-refractivity contribution in [2.75, 3.05) is 5.32 Å². The standard InChI is InChI=1S/C12H15N3O3/c13-14-8-9-4-6-10(7-5-9)15-11(16)2-1-3-12(17)18/h4-8H,1-3,13H2,(H,15,16)(H,17,18). The molecule has 0 unspecified atom stereocenters. The number of nitrogens with two attached hydrogens (primary N) is 1. The maximum Gasteiger partial charge on any atom is 0.303 e. The van der Waals surface area contributed by atoms with Crippen molar-refractivity contribution < 1.29 is 14.7 Å². The van der Waals surface area contributed by atoms with Gasteiger partial charge in [-0.15, -0.1) is 0 Å². The minimum atomic E-state index is -0.895. The number of carboxylic acids is 1. The molecule has 1 rings (SSSR count). The van der Waals surface area contributed by atoms with Crippen molar-refractivity contribution in [3.05, 3.63) is 29.8 Å². The van der Waals surface area contributed by atoms with Crippen LogP contribution in [0, 0.1) is 0 Å². The fourth-order valence-electron chi connectivity index (χ4n) is 1.36. The molecule has 4 N–H and O–H groups in total. The second kappa shape index (κ2) is 7.05. The van der Waals surface area contributed by atoms with E-state index < -0.39 is 5.97 Å². The third-order valence-corrected chi connectivity index (χ3v) is 2.21. The maximum atomic E-state index is 11.5. The predicted octanol–water partition coefficient (Wildman–Crippen LogP) is 1.17. The Balaban J connectivity index is 2.42. The first-order valence-corrected chi connectivity index (χ1v) is 5.47. The molecule has 0 aliphatic heterocycles. The quantitative estimate of drug-likeness (QED) is 0.400. The summed E-state index contributed by atoms with van der Waals surface area (Å²) < 4.78 is 0. The minimum Gasteiger partial charge on any atom is -0.481 e. The summed E-state index contributed by atoms with van der Waals surface area (Å²) >= 11 is 0. The van der Waals surface area contributed by atoms with E-state index in [1.807, 2.05) is 0 Å². The van der Waals surface area contributed by atoms with Crippen LogP contribution in [0.1, 0.15) is 24.8 Å². The summed E-state index contributed by atoms with van der Waals surface area (Å²) in [5.41, 5.74) is 1.49. The zero-order chi connectivity index (χ0) is 13.4. The first-order chi connectivity index (χ1) is 8.61. The highest BCUT2D eigenvalue weighted by Crippen LogP contribution is 2.09. The van der Waals surface area contributed by atoms with Gasteiger partial charge < -0.3 is 16.3 Å². The van der Waals surface area contributed by atoms with E-state index in [1.165, 1.54) is 6.21 Å². The van der Waals surface area contributed by atoms with Crippen LogP contribution < -0.4 is 11.2 Å². The molecule has 0 saturated carbocycles. The summed E-state index contributed by atoms with van der Waals surface area (Å²) in [6.07, 6.45) is 2.02. The summed E-state index contributed by atoms with van der Waals surface area (Å²) in [4.78, 5) is 21.7. The summed E-state index contributed by atoms with van der Waals surface area (Å²) in [5, 5.41) is 14.5. The highest BCUT2D eigenvalue weighted by atomic mass is 16.4. The van der Waals surface area contributed by atoms with Crippen molar-refractivity contribution in [1.82, 2.24) is 0 Å². The molecule has 0 atom stereocenters. The van der Waals surface area contributed by atoms with Crippen molar-refractivity contribution in [2.45, 2.75) is 19.3 Å². The van der Waals surface area contributed by atoms with Crippen LogP contribution in [-0.2, 0) is 9.59 Å². The molecule has 1 aromatic rings. The monoisotopic (exact) mass is 249 g/mol. The Hall–Kier alpha value is -2.37. The van der Waals surface area contributed by atoms with Crippen LogP contribution in [0.2, 0.25) is 0 Å². The molecule has 6 nitrogen and oxygen atoms in total. The number of aliphatic carboxylic acids is 1. The Morgan fingerprint density at radius 2 is 1.94 bits per heavy atom. The van der Waals surface area contributed by atoms with E-state index in [4.69, 9.17) is 10.9 Å². The fraction of sp³-hybridized carbons (Fsp3) is 0.250. The molecule has 0 heterocycles. The second-order valence-corrected chi connectivity index (χ2v) is 3.70. The largest absolute Gasteiger partial charge is 0.481 e. The molecule has 0 fully saturated rings. The average molecular weight is 249 g/mol. The Labute approximate surface area is 104 Å². The van der Waals surface area contributed by atoms with E-state index in [1.54, 1.807) is 24.3 Å². The van der Waals surface area contributed by atoms with Crippen molar-refractivity contribution in [2.24, 2.45) is 10.9 Å². The van der Waals surface area contributed by atoms with Crippen molar-refractivity contribution in [3.8, 4) is 0 Å². The lowest BCUT2D eigenvalue weighted by Gasteiger charge is -2.04. The van der Waals surface area contributed by atoms with Crippen molar-refractivity contribution in [3.63, 3.8) is 0 Å². The first-order valence-electron chi connectivity index (χ1n) is 5.47. The topological polar surface area (TPSA) is 105 Å². The zero-order valence-corrected chi connectivity index (χ0v) is 9.80. The summed E-state index contributed by atoms with van der Waals surface area (Å²) in [6, 6.07) is 6.99. The molecule has 0 bridgehead atoms. The number of nitrogens with one attached hydrogen (secondary N) is 1. The van der Waals surface area contributed by atoms with Gasteiger partial charge in [0.05, 0.1) is 6.21 Å². The van der Waals surface area contributed by atoms with Gasteiger partial charge in [-0.05, 0) is 24.1 Å². The average Bonchev–Trinajstić information content (AvgIpc) is 2.31. The molecular formula is C12H15N3O3. The number of hydrogen-bond acceptors (Lipinski definition) is 4. The molecule has 6 heteroatoms. The lowest BCUT2D eigenvalue weighted by atomic mass is 10.2. The highest BCUT2D eigenvalue weighted by molar-refractivity contribution is 5.91. The van der Waals surface area contributed by atoms with Gasteiger partial charge in [0, 0.05) is 18.5 Å². The fourth-order valence-corrected chi connectivity index (χ4v) is 1.36. The minimum absolute atomic E-state index is 0.000673. The van der Waals surface area contributed by atoms with Crippen molar-refractivity contribution in [1.29, 1.82) is 0 Å². The summed E-state index contributed by atoms with van der Waals surface area (Å²) in [7, 11) is 0. The lowest BCUT2D eigenvalue weighted by Crippen LogP contribution is -2.11. The third-order valence-electron chi connectivity index (χ3n) is 2.21. The smallest absolute Gasteiger partial charge is 0.303 e. The molecule has 0 radical (unpaired) electrons. The van der Waals surface area contributed by atoms with E-state index in [0.717, 1.165) is 5.56 Å². The molecule has 0 spiro atoms. The SMILES string of the molecule is NN=Cc1ccc(NC(=O)CCCC(=O)O)cc1. The number of carboxylic acid groups (broad SMARTS) is 1. The number of anilines is 1. The molecule has 1 aromatic carbocycles. The molecule has 96 valence electrons. The van der Waals surface area contributed by atoms with Gasteiger partial charge in [-0.2, -0.15) is 5.10 Å². The van der Waals surface area contributed by atoms with Gasteiger partial charge >= 0.3 is 5.97 Å². The van der Waals surface area contributed by atoms with Crippen LogP contribution in [-0.4, -0.2) is 23.2 Å². The van der Waals surface area contributed by atoms with Gasteiger partial charge in [0.15, 0.2) is 0 Å². The molecule has 1 amide bonds. The number of nitrogens with zero attached hydrogens (tertiary/aromatic N) is 1. The number of rotatable bonds is 6. The summed E-state index contributed by atoms with van der Waals surface area (Å²) in [5.74, 6) is 3.92. The number of carbonyl (C=O) groups excluding carboxylic acids is 1.